The van der Waals surface area contributed by atoms with E-state index in [0.717, 1.165) is 32.1 Å². The molecule has 3 heteroatoms. The van der Waals surface area contributed by atoms with Crippen LogP contribution in [0.1, 0.15) is 58.8 Å². The summed E-state index contributed by atoms with van der Waals surface area (Å²) < 4.78 is 0. The van der Waals surface area contributed by atoms with E-state index in [2.05, 4.69) is 13.8 Å². The normalized spacial score (nSPS) is 12.9. The van der Waals surface area contributed by atoms with E-state index < -0.39 is 7.12 Å². The molecule has 0 radical (unpaired) electrons. The zero-order chi connectivity index (χ0) is 10.1. The maximum Gasteiger partial charge on any atom is 0.454 e. The topological polar surface area (TPSA) is 40.5 Å². The van der Waals surface area contributed by atoms with Crippen LogP contribution in [-0.4, -0.2) is 17.2 Å². The monoisotopic (exact) mass is 186 g/mol. The first-order valence-corrected chi connectivity index (χ1v) is 5.58. The van der Waals surface area contributed by atoms with Gasteiger partial charge in [0, 0.05) is 0 Å². The van der Waals surface area contributed by atoms with Gasteiger partial charge >= 0.3 is 7.12 Å². The molecule has 0 saturated heterocycles. The van der Waals surface area contributed by atoms with Gasteiger partial charge in [-0.25, -0.2) is 0 Å². The van der Waals surface area contributed by atoms with Crippen molar-refractivity contribution >= 4 is 7.12 Å². The first-order valence-electron chi connectivity index (χ1n) is 5.58. The van der Waals surface area contributed by atoms with Crippen molar-refractivity contribution in [1.29, 1.82) is 0 Å². The fraction of sp³-hybridized carbons (Fsp3) is 1.00. The van der Waals surface area contributed by atoms with Crippen LogP contribution in [-0.2, 0) is 0 Å². The van der Waals surface area contributed by atoms with Crippen LogP contribution in [0.3, 0.4) is 0 Å². The molecule has 0 aliphatic heterocycles. The van der Waals surface area contributed by atoms with Crippen molar-refractivity contribution in [2.24, 2.45) is 0 Å². The Morgan fingerprint density at radius 2 is 1.46 bits per heavy atom. The van der Waals surface area contributed by atoms with Gasteiger partial charge in [-0.05, 0) is 5.82 Å². The molecule has 1 unspecified atom stereocenters. The smallest absolute Gasteiger partial charge is 0.427 e. The summed E-state index contributed by atoms with van der Waals surface area (Å²) in [5.41, 5.74) is 0. The Morgan fingerprint density at radius 3 is 1.92 bits per heavy atom. The Bertz CT molecular complexity index is 107. The molecule has 0 aromatic carbocycles. The third-order valence-electron chi connectivity index (χ3n) is 2.53. The molecular weight excluding hydrogens is 163 g/mol. The predicted molar refractivity (Wildman–Crippen MR) is 57.6 cm³/mol. The Hall–Kier alpha value is -0.0151. The highest BCUT2D eigenvalue weighted by atomic mass is 16.4. The molecule has 0 fully saturated rings. The van der Waals surface area contributed by atoms with Gasteiger partial charge in [-0.15, -0.1) is 0 Å². The third-order valence-corrected chi connectivity index (χ3v) is 2.53. The van der Waals surface area contributed by atoms with Crippen LogP contribution in [0.4, 0.5) is 0 Å². The Labute approximate surface area is 82.5 Å². The van der Waals surface area contributed by atoms with E-state index in [4.69, 9.17) is 10.0 Å². The lowest BCUT2D eigenvalue weighted by atomic mass is 9.67. The van der Waals surface area contributed by atoms with Gasteiger partial charge in [-0.2, -0.15) is 0 Å². The Balaban J connectivity index is 3.54. The predicted octanol–water partition coefficient (Wildman–Crippen LogP) is 2.60. The van der Waals surface area contributed by atoms with E-state index >= 15 is 0 Å². The van der Waals surface area contributed by atoms with Crippen LogP contribution >= 0.6 is 0 Å². The van der Waals surface area contributed by atoms with Gasteiger partial charge in [0.05, 0.1) is 0 Å². The summed E-state index contributed by atoms with van der Waals surface area (Å²) in [6, 6.07) is 0. The second kappa shape index (κ2) is 8.58. The highest BCUT2D eigenvalue weighted by Crippen LogP contribution is 2.23. The summed E-state index contributed by atoms with van der Waals surface area (Å²) >= 11 is 0. The van der Waals surface area contributed by atoms with E-state index in [1.807, 2.05) is 0 Å². The molecule has 1 atom stereocenters. The van der Waals surface area contributed by atoms with E-state index in [9.17, 15) is 0 Å². The fourth-order valence-electron chi connectivity index (χ4n) is 1.57. The van der Waals surface area contributed by atoms with Crippen LogP contribution in [0.25, 0.3) is 0 Å². The minimum absolute atomic E-state index is 0.103. The van der Waals surface area contributed by atoms with Crippen LogP contribution in [0.15, 0.2) is 0 Å². The lowest BCUT2D eigenvalue weighted by Crippen LogP contribution is -2.20. The number of hydrogen-bond donors (Lipinski definition) is 2. The van der Waals surface area contributed by atoms with Crippen LogP contribution in [0.2, 0.25) is 5.82 Å². The highest BCUT2D eigenvalue weighted by Gasteiger charge is 2.21. The molecule has 2 N–H and O–H groups in total. The SMILES string of the molecule is CCCCCC(CCCC)B(O)O. The van der Waals surface area contributed by atoms with Gasteiger partial charge in [0.25, 0.3) is 0 Å². The van der Waals surface area contributed by atoms with E-state index in [0.29, 0.717) is 0 Å². The summed E-state index contributed by atoms with van der Waals surface area (Å²) in [7, 11) is -1.11. The first kappa shape index (κ1) is 13.0. The molecule has 2 nitrogen and oxygen atoms in total. The molecule has 78 valence electrons. The van der Waals surface area contributed by atoms with E-state index in [1.54, 1.807) is 0 Å². The van der Waals surface area contributed by atoms with Crippen molar-refractivity contribution in [3.63, 3.8) is 0 Å². The Kier molecular flexibility index (Phi) is 8.57. The van der Waals surface area contributed by atoms with Gasteiger partial charge < -0.3 is 10.0 Å². The van der Waals surface area contributed by atoms with Crippen molar-refractivity contribution in [3.05, 3.63) is 0 Å². The molecule has 0 spiro atoms. The zero-order valence-electron chi connectivity index (χ0n) is 9.00. The average molecular weight is 186 g/mol. The molecule has 0 aromatic rings. The van der Waals surface area contributed by atoms with Gasteiger partial charge in [0.2, 0.25) is 0 Å². The van der Waals surface area contributed by atoms with Crippen LogP contribution in [0, 0.1) is 0 Å². The van der Waals surface area contributed by atoms with Crippen molar-refractivity contribution in [1.82, 2.24) is 0 Å². The maximum absolute atomic E-state index is 9.09. The van der Waals surface area contributed by atoms with Gasteiger partial charge in [-0.1, -0.05) is 58.8 Å². The average Bonchev–Trinajstić information content (AvgIpc) is 2.10. The highest BCUT2D eigenvalue weighted by molar-refractivity contribution is 6.43. The largest absolute Gasteiger partial charge is 0.454 e. The summed E-state index contributed by atoms with van der Waals surface area (Å²) in [4.78, 5) is 0. The van der Waals surface area contributed by atoms with Crippen LogP contribution < -0.4 is 0 Å². The molecule has 0 saturated carbocycles. The summed E-state index contributed by atoms with van der Waals surface area (Å²) in [6.45, 7) is 4.29. The summed E-state index contributed by atoms with van der Waals surface area (Å²) in [6.07, 6.45) is 7.69. The second-order valence-corrected chi connectivity index (χ2v) is 3.81. The van der Waals surface area contributed by atoms with E-state index in [1.165, 1.54) is 12.8 Å². The molecule has 0 bridgehead atoms. The van der Waals surface area contributed by atoms with Crippen molar-refractivity contribution in [2.75, 3.05) is 0 Å². The zero-order valence-corrected chi connectivity index (χ0v) is 9.00. The molecule has 0 rings (SSSR count). The minimum Gasteiger partial charge on any atom is -0.427 e. The van der Waals surface area contributed by atoms with Gasteiger partial charge in [0.15, 0.2) is 0 Å². The molecular formula is C10H23BO2. The van der Waals surface area contributed by atoms with Crippen molar-refractivity contribution < 1.29 is 10.0 Å². The van der Waals surface area contributed by atoms with Gasteiger partial charge in [-0.3, -0.25) is 0 Å². The van der Waals surface area contributed by atoms with Crippen molar-refractivity contribution in [2.45, 2.75) is 64.6 Å². The minimum atomic E-state index is -1.11. The molecule has 13 heavy (non-hydrogen) atoms. The lowest BCUT2D eigenvalue weighted by Gasteiger charge is -2.14. The second-order valence-electron chi connectivity index (χ2n) is 3.81. The number of hydrogen-bond acceptors (Lipinski definition) is 2. The van der Waals surface area contributed by atoms with Crippen molar-refractivity contribution in [3.8, 4) is 0 Å². The van der Waals surface area contributed by atoms with E-state index in [-0.39, 0.29) is 5.82 Å². The molecule has 0 aromatic heterocycles. The molecule has 0 aliphatic rings. The fourth-order valence-corrected chi connectivity index (χ4v) is 1.57. The quantitative estimate of drug-likeness (QED) is 0.451. The molecule has 0 amide bonds. The summed E-state index contributed by atoms with van der Waals surface area (Å²) in [5.74, 6) is 0.103. The summed E-state index contributed by atoms with van der Waals surface area (Å²) in [5, 5.41) is 18.2. The Morgan fingerprint density at radius 1 is 0.923 bits per heavy atom. The number of unbranched alkanes of at least 4 members (excludes halogenated alkanes) is 3. The third kappa shape index (κ3) is 7.09. The molecule has 0 aliphatic carbocycles. The standard InChI is InChI=1S/C10H23BO2/c1-3-5-7-9-10(11(12)13)8-6-4-2/h10,12-13H,3-9H2,1-2H3. The maximum atomic E-state index is 9.09. The number of rotatable bonds is 8. The van der Waals surface area contributed by atoms with Gasteiger partial charge in [0.1, 0.15) is 0 Å². The van der Waals surface area contributed by atoms with Crippen LogP contribution in [0.5, 0.6) is 0 Å². The first-order chi connectivity index (χ1) is 6.22. The lowest BCUT2D eigenvalue weighted by molar-refractivity contribution is 0.366. The molecule has 0 heterocycles.